The Hall–Kier alpha value is -2.75. The van der Waals surface area contributed by atoms with Crippen LogP contribution in [0.3, 0.4) is 0 Å². The lowest BCUT2D eigenvalue weighted by molar-refractivity contribution is 0.0483. The van der Waals surface area contributed by atoms with Crippen LogP contribution in [0, 0.1) is 0 Å². The normalized spacial score (nSPS) is 12.3. The van der Waals surface area contributed by atoms with Gasteiger partial charge in [0, 0.05) is 6.20 Å². The molecule has 0 unspecified atom stereocenters. The smallest absolute Gasteiger partial charge is 0.408 e. The van der Waals surface area contributed by atoms with Gasteiger partial charge in [-0.05, 0) is 30.4 Å². The molecule has 2 aromatic carbocycles. The maximum atomic E-state index is 13.6. The van der Waals surface area contributed by atoms with Crippen LogP contribution in [-0.2, 0) is 38.1 Å². The van der Waals surface area contributed by atoms with Gasteiger partial charge in [-0.2, -0.15) is 4.98 Å². The second-order valence-electron chi connectivity index (χ2n) is 8.02. The van der Waals surface area contributed by atoms with Crippen molar-refractivity contribution in [2.24, 2.45) is 0 Å². The summed E-state index contributed by atoms with van der Waals surface area (Å²) in [6.07, 6.45) is 1.47. The molecular weight excluding hydrogens is 468 g/mol. The molecule has 0 saturated carbocycles. The Balaban J connectivity index is 1.65. The zero-order chi connectivity index (χ0) is 25.1. The minimum absolute atomic E-state index is 0.119. The van der Waals surface area contributed by atoms with E-state index < -0.39 is 26.4 Å². The molecule has 0 bridgehead atoms. The van der Waals surface area contributed by atoms with Gasteiger partial charge in [-0.25, -0.2) is 4.79 Å². The Bertz CT molecular complexity index is 1100. The highest BCUT2D eigenvalue weighted by atomic mass is 31.2. The minimum atomic E-state index is -3.62. The first kappa shape index (κ1) is 26.9. The summed E-state index contributed by atoms with van der Waals surface area (Å²) in [6, 6.07) is 20.4. The molecule has 0 aliphatic carbocycles. The van der Waals surface area contributed by atoms with Crippen LogP contribution < -0.4 is 10.9 Å². The lowest BCUT2D eigenvalue weighted by atomic mass is 9.89. The van der Waals surface area contributed by atoms with Crippen LogP contribution >= 0.6 is 7.60 Å². The summed E-state index contributed by atoms with van der Waals surface area (Å²) in [5.41, 5.74) is 1.25. The molecule has 1 atom stereocenters. The molecule has 0 aliphatic rings. The molecule has 0 radical (unpaired) electrons. The highest BCUT2D eigenvalue weighted by molar-refractivity contribution is 7.53. The lowest BCUT2D eigenvalue weighted by Crippen LogP contribution is -2.31. The molecule has 0 saturated heterocycles. The third-order valence-electron chi connectivity index (χ3n) is 5.10. The van der Waals surface area contributed by atoms with Crippen molar-refractivity contribution >= 4 is 20.5 Å². The van der Waals surface area contributed by atoms with Gasteiger partial charge in [-0.3, -0.25) is 9.13 Å². The van der Waals surface area contributed by atoms with Gasteiger partial charge >= 0.3 is 20.3 Å². The third-order valence-corrected chi connectivity index (χ3v) is 6.61. The quantitative estimate of drug-likeness (QED) is 0.252. The summed E-state index contributed by atoms with van der Waals surface area (Å²) >= 11 is 0. The van der Waals surface area contributed by atoms with Gasteiger partial charge in [-0.1, -0.05) is 67.6 Å². The largest absolute Gasteiger partial charge is 0.433 e. The van der Waals surface area contributed by atoms with E-state index in [-0.39, 0.29) is 31.9 Å². The van der Waals surface area contributed by atoms with E-state index in [0.29, 0.717) is 6.42 Å². The van der Waals surface area contributed by atoms with E-state index in [1.54, 1.807) is 12.3 Å². The molecule has 0 spiro atoms. The van der Waals surface area contributed by atoms with E-state index in [0.717, 1.165) is 11.1 Å². The average Bonchev–Trinajstić information content (AvgIpc) is 2.86. The average molecular weight is 499 g/mol. The first-order valence-corrected chi connectivity index (χ1v) is 13.2. The van der Waals surface area contributed by atoms with Gasteiger partial charge < -0.3 is 24.0 Å². The molecule has 11 heteroatoms. The van der Waals surface area contributed by atoms with Crippen LogP contribution in [0.1, 0.15) is 24.5 Å². The Morgan fingerprint density at radius 2 is 1.60 bits per heavy atom. The summed E-state index contributed by atoms with van der Waals surface area (Å²) in [5, 5.41) is 12.1. The predicted octanol–water partition coefficient (Wildman–Crippen LogP) is 4.14. The van der Waals surface area contributed by atoms with E-state index in [2.05, 4.69) is 10.2 Å². The Labute approximate surface area is 205 Å². The minimum Gasteiger partial charge on any atom is -0.433 e. The highest BCUT2D eigenvalue weighted by Gasteiger charge is 2.27. The summed E-state index contributed by atoms with van der Waals surface area (Å²) < 4.78 is 32.4. The second kappa shape index (κ2) is 13.4. The number of benzene rings is 2. The fraction of sp³-hybridized carbons (Fsp3) is 0.333. The SMILES string of the molecule is CC[C@H](Cn1ccc(NB(C)O)nc1=O)OCP(=O)(OCc1ccccc1)OCc1ccccc1. The van der Waals surface area contributed by atoms with Gasteiger partial charge in [0.2, 0.25) is 0 Å². The van der Waals surface area contributed by atoms with E-state index in [4.69, 9.17) is 13.8 Å². The fourth-order valence-electron chi connectivity index (χ4n) is 3.18. The van der Waals surface area contributed by atoms with Crippen molar-refractivity contribution in [1.82, 2.24) is 9.55 Å². The Kier molecular flexibility index (Phi) is 10.3. The summed E-state index contributed by atoms with van der Waals surface area (Å²) in [7, 11) is -4.45. The van der Waals surface area contributed by atoms with Crippen LogP contribution in [0.4, 0.5) is 5.82 Å². The van der Waals surface area contributed by atoms with Crippen molar-refractivity contribution in [3.05, 3.63) is 94.5 Å². The van der Waals surface area contributed by atoms with Crippen LogP contribution in [0.25, 0.3) is 0 Å². The third kappa shape index (κ3) is 9.09. The topological polar surface area (TPSA) is 112 Å². The number of nitrogens with zero attached hydrogens (tertiary/aromatic N) is 2. The van der Waals surface area contributed by atoms with Crippen molar-refractivity contribution in [3.63, 3.8) is 0 Å². The summed E-state index contributed by atoms with van der Waals surface area (Å²) in [6.45, 7) is 3.90. The molecule has 1 heterocycles. The molecule has 2 N–H and O–H groups in total. The zero-order valence-electron chi connectivity index (χ0n) is 19.9. The number of anilines is 1. The summed E-state index contributed by atoms with van der Waals surface area (Å²) in [4.78, 5) is 16.3. The van der Waals surface area contributed by atoms with Gasteiger partial charge in [0.05, 0.1) is 25.9 Å². The number of hydrogen-bond acceptors (Lipinski definition) is 8. The monoisotopic (exact) mass is 499 g/mol. The number of hydrogen-bond donors (Lipinski definition) is 2. The Morgan fingerprint density at radius 3 is 2.09 bits per heavy atom. The molecule has 0 fully saturated rings. The first-order valence-electron chi connectivity index (χ1n) is 11.5. The van der Waals surface area contributed by atoms with Crippen molar-refractivity contribution in [3.8, 4) is 0 Å². The van der Waals surface area contributed by atoms with E-state index in [9.17, 15) is 14.4 Å². The molecule has 35 heavy (non-hydrogen) atoms. The molecule has 3 rings (SSSR count). The maximum Gasteiger partial charge on any atom is 0.408 e. The van der Waals surface area contributed by atoms with Gasteiger partial charge in [0.1, 0.15) is 12.2 Å². The van der Waals surface area contributed by atoms with Crippen LogP contribution in [-0.4, -0.2) is 34.1 Å². The van der Waals surface area contributed by atoms with Crippen LogP contribution in [0.15, 0.2) is 77.7 Å². The first-order chi connectivity index (χ1) is 16.9. The number of ether oxygens (including phenoxy) is 1. The zero-order valence-corrected chi connectivity index (χ0v) is 20.8. The molecule has 3 aromatic rings. The lowest BCUT2D eigenvalue weighted by Gasteiger charge is -2.23. The maximum absolute atomic E-state index is 13.6. The van der Waals surface area contributed by atoms with Gasteiger partial charge in [0.25, 0.3) is 0 Å². The number of aromatic nitrogens is 2. The van der Waals surface area contributed by atoms with E-state index in [1.807, 2.05) is 67.6 Å². The molecule has 9 nitrogen and oxygen atoms in total. The van der Waals surface area contributed by atoms with E-state index in [1.165, 1.54) is 11.4 Å². The van der Waals surface area contributed by atoms with Crippen molar-refractivity contribution < 1.29 is 23.4 Å². The van der Waals surface area contributed by atoms with Gasteiger partial charge in [-0.15, -0.1) is 0 Å². The summed E-state index contributed by atoms with van der Waals surface area (Å²) in [5.74, 6) is 0.281. The van der Waals surface area contributed by atoms with Gasteiger partial charge in [0.15, 0.2) is 0 Å². The molecule has 1 aromatic heterocycles. The van der Waals surface area contributed by atoms with E-state index >= 15 is 0 Å². The molecular formula is C24H31BN3O6P. The van der Waals surface area contributed by atoms with Crippen LogP contribution in [0.5, 0.6) is 0 Å². The molecule has 0 amide bonds. The van der Waals surface area contributed by atoms with Crippen LogP contribution in [0.2, 0.25) is 6.82 Å². The van der Waals surface area contributed by atoms with Crippen molar-refractivity contribution in [2.75, 3.05) is 11.6 Å². The number of rotatable bonds is 14. The predicted molar refractivity (Wildman–Crippen MR) is 136 cm³/mol. The fourth-order valence-corrected chi connectivity index (χ4v) is 4.49. The highest BCUT2D eigenvalue weighted by Crippen LogP contribution is 2.50. The number of nitrogens with one attached hydrogen (secondary N) is 1. The Morgan fingerprint density at radius 1 is 1.03 bits per heavy atom. The standard InChI is InChI=1S/C24H31BN3O6P/c1-3-22(16-28-15-14-23(26-24(28)29)27-25(2)30)32-19-35(31,33-17-20-10-6-4-7-11-20)34-18-21-12-8-5-9-13-21/h4-15,22,30H,3,16-19H2,1-2H3,(H,26,27,29)/t22-/m1/s1. The van der Waals surface area contributed by atoms with Crippen molar-refractivity contribution in [2.45, 2.75) is 46.0 Å². The molecule has 0 aliphatic heterocycles. The second-order valence-corrected chi connectivity index (χ2v) is 10.0. The molecule has 186 valence electrons. The van der Waals surface area contributed by atoms with Crippen molar-refractivity contribution in [1.29, 1.82) is 0 Å².